The van der Waals surface area contributed by atoms with Crippen molar-refractivity contribution >= 4 is 43.7 Å². The monoisotopic (exact) mass is 862 g/mol. The van der Waals surface area contributed by atoms with E-state index in [1.807, 2.05) is 18.2 Å². The number of aromatic nitrogens is 4. The molecule has 4 bridgehead atoms. The highest BCUT2D eigenvalue weighted by molar-refractivity contribution is 6.10. The van der Waals surface area contributed by atoms with E-state index in [0.717, 1.165) is 79.5 Å². The van der Waals surface area contributed by atoms with Crippen LogP contribution in [-0.4, -0.2) is 19.5 Å². The number of hydrogen-bond donors (Lipinski definition) is 0. The number of furan rings is 1. The lowest BCUT2D eigenvalue weighted by atomic mass is 9.48. The second-order valence-electron chi connectivity index (χ2n) is 20.2. The minimum Gasteiger partial charge on any atom is -0.456 e. The van der Waals surface area contributed by atoms with Crippen LogP contribution in [0.5, 0.6) is 0 Å². The molecule has 4 fully saturated rings. The molecule has 0 amide bonds. The van der Waals surface area contributed by atoms with Gasteiger partial charge in [-0.25, -0.2) is 15.0 Å². The van der Waals surface area contributed by atoms with Crippen molar-refractivity contribution in [1.82, 2.24) is 19.5 Å². The summed E-state index contributed by atoms with van der Waals surface area (Å²) in [5.41, 5.74) is 17.7. The van der Waals surface area contributed by atoms with Gasteiger partial charge in [-0.15, -0.1) is 0 Å². The van der Waals surface area contributed by atoms with Crippen molar-refractivity contribution in [3.63, 3.8) is 0 Å². The summed E-state index contributed by atoms with van der Waals surface area (Å²) in [7, 11) is 0. The van der Waals surface area contributed by atoms with Crippen LogP contribution >= 0.6 is 0 Å². The summed E-state index contributed by atoms with van der Waals surface area (Å²) in [5.74, 6) is 4.73. The SMILES string of the molecule is c1ccc(-n2c3ccccc3c3ccc(-c4nc(-c5ccc6c(c5)-c5cc(-c7ccc(C89CC%10CC(CC(C%10)C8)C9)cc7)ccc5C6)nc(-c5ccc6oc7ccccc7c6c5)n4)cc32)cc1. The third-order valence-corrected chi connectivity index (χ3v) is 16.2. The van der Waals surface area contributed by atoms with Crippen LogP contribution in [0.15, 0.2) is 180 Å². The maximum atomic E-state index is 6.24. The third-order valence-electron chi connectivity index (χ3n) is 16.2. The lowest BCUT2D eigenvalue weighted by Crippen LogP contribution is -2.48. The maximum Gasteiger partial charge on any atom is 0.164 e. The Hall–Kier alpha value is -7.63. The molecule has 5 aliphatic rings. The molecule has 8 aromatic carbocycles. The van der Waals surface area contributed by atoms with Gasteiger partial charge in [0.2, 0.25) is 0 Å². The first-order chi connectivity index (χ1) is 33.1. The molecule has 0 atom stereocenters. The van der Waals surface area contributed by atoms with Gasteiger partial charge in [0.15, 0.2) is 17.5 Å². The van der Waals surface area contributed by atoms with E-state index in [0.29, 0.717) is 22.9 Å². The normalized spacial score (nSPS) is 20.3. The number of fused-ring (bicyclic) bond motifs is 9. The highest BCUT2D eigenvalue weighted by atomic mass is 16.3. The molecule has 0 N–H and O–H groups in total. The van der Waals surface area contributed by atoms with Crippen molar-refractivity contribution < 1.29 is 4.42 Å². The summed E-state index contributed by atoms with van der Waals surface area (Å²) in [6.07, 6.45) is 9.53. The number of nitrogens with zero attached hydrogens (tertiary/aromatic N) is 4. The quantitative estimate of drug-likeness (QED) is 0.167. The Morgan fingerprint density at radius 3 is 1.69 bits per heavy atom. The fourth-order valence-electron chi connectivity index (χ4n) is 13.6. The van der Waals surface area contributed by atoms with Crippen LogP contribution in [0.2, 0.25) is 0 Å². The van der Waals surface area contributed by atoms with Crippen LogP contribution in [0.3, 0.4) is 0 Å². The van der Waals surface area contributed by atoms with Crippen LogP contribution in [0, 0.1) is 17.8 Å². The smallest absolute Gasteiger partial charge is 0.164 e. The van der Waals surface area contributed by atoms with Crippen LogP contribution in [0.1, 0.15) is 55.2 Å². The molecule has 5 nitrogen and oxygen atoms in total. The van der Waals surface area contributed by atoms with Gasteiger partial charge < -0.3 is 8.98 Å². The van der Waals surface area contributed by atoms with E-state index in [1.54, 1.807) is 5.56 Å². The first-order valence-electron chi connectivity index (χ1n) is 24.2. The summed E-state index contributed by atoms with van der Waals surface area (Å²) < 4.78 is 8.59. The van der Waals surface area contributed by atoms with Crippen molar-refractivity contribution in [1.29, 1.82) is 0 Å². The van der Waals surface area contributed by atoms with Gasteiger partial charge in [0.05, 0.1) is 11.0 Å². The standard InChI is InChI=1S/C62H46N4O/c1-2-8-48(9-3-1)66-55-12-6-4-10-49(55)50-24-20-46(33-56(50)66)61-64-59(63-60(65-61)45-21-25-58-54(32-45)51-11-5-7-13-57(51)67-58)44-17-16-43-29-42-15-14-41(30-52(42)53(43)31-44)40-18-22-47(23-19-40)62-34-37-26-38(35-62)28-39(27-37)36-62/h1-25,30-33,37-39H,26-29,34-36H2. The Morgan fingerprint density at radius 1 is 0.418 bits per heavy atom. The van der Waals surface area contributed by atoms with E-state index < -0.39 is 0 Å². The Morgan fingerprint density at radius 2 is 0.955 bits per heavy atom. The van der Waals surface area contributed by atoms with Crippen LogP contribution < -0.4 is 0 Å². The molecule has 16 rings (SSSR count). The topological polar surface area (TPSA) is 56.7 Å². The molecule has 67 heavy (non-hydrogen) atoms. The molecule has 0 radical (unpaired) electrons. The zero-order valence-corrected chi connectivity index (χ0v) is 37.1. The van der Waals surface area contributed by atoms with Gasteiger partial charge in [0.1, 0.15) is 11.2 Å². The molecular formula is C62H46N4O. The zero-order chi connectivity index (χ0) is 43.8. The summed E-state index contributed by atoms with van der Waals surface area (Å²) >= 11 is 0. The minimum atomic E-state index is 0.407. The predicted octanol–water partition coefficient (Wildman–Crippen LogP) is 15.6. The average Bonchev–Trinajstić information content (AvgIpc) is 4.04. The van der Waals surface area contributed by atoms with Crippen LogP contribution in [0.25, 0.3) is 106 Å². The molecule has 0 saturated heterocycles. The van der Waals surface area contributed by atoms with Crippen LogP contribution in [0.4, 0.5) is 0 Å². The molecular weight excluding hydrogens is 817 g/mol. The predicted molar refractivity (Wildman–Crippen MR) is 271 cm³/mol. The van der Waals surface area contributed by atoms with Gasteiger partial charge in [0.25, 0.3) is 0 Å². The number of benzene rings is 8. The second kappa shape index (κ2) is 14.2. The van der Waals surface area contributed by atoms with E-state index in [-0.39, 0.29) is 0 Å². The van der Waals surface area contributed by atoms with Gasteiger partial charge in [-0.3, -0.25) is 0 Å². The highest BCUT2D eigenvalue weighted by Crippen LogP contribution is 2.61. The molecule has 5 heteroatoms. The Bertz CT molecular complexity index is 3790. The van der Waals surface area contributed by atoms with Crippen LogP contribution in [-0.2, 0) is 11.8 Å². The lowest BCUT2D eigenvalue weighted by molar-refractivity contribution is -0.00518. The number of para-hydroxylation sites is 3. The summed E-state index contributed by atoms with van der Waals surface area (Å²) in [6.45, 7) is 0. The molecule has 320 valence electrons. The largest absolute Gasteiger partial charge is 0.456 e. The minimum absolute atomic E-state index is 0.407. The zero-order valence-electron chi connectivity index (χ0n) is 37.1. The van der Waals surface area contributed by atoms with E-state index in [4.69, 9.17) is 19.4 Å². The van der Waals surface area contributed by atoms with Gasteiger partial charge in [-0.2, -0.15) is 0 Å². The van der Waals surface area contributed by atoms with Gasteiger partial charge in [0, 0.05) is 43.9 Å². The molecule has 0 unspecified atom stereocenters. The summed E-state index contributed by atoms with van der Waals surface area (Å²) in [6, 6.07) is 64.0. The Kier molecular flexibility index (Phi) is 7.96. The van der Waals surface area contributed by atoms with Crippen molar-refractivity contribution in [2.24, 2.45) is 17.8 Å². The molecule has 3 aromatic heterocycles. The maximum absolute atomic E-state index is 6.24. The van der Waals surface area contributed by atoms with Crippen molar-refractivity contribution in [2.45, 2.75) is 50.4 Å². The first-order valence-corrected chi connectivity index (χ1v) is 24.2. The second-order valence-corrected chi connectivity index (χ2v) is 20.2. The molecule has 4 saturated carbocycles. The van der Waals surface area contributed by atoms with E-state index in [2.05, 4.69) is 162 Å². The molecule has 11 aromatic rings. The fraction of sp³-hybridized carbons (Fsp3) is 0.177. The van der Waals surface area contributed by atoms with Crippen molar-refractivity contribution in [3.8, 4) is 62.1 Å². The first kappa shape index (κ1) is 37.6. The van der Waals surface area contributed by atoms with Gasteiger partial charge >= 0.3 is 0 Å². The van der Waals surface area contributed by atoms with Crippen molar-refractivity contribution in [2.75, 3.05) is 0 Å². The van der Waals surface area contributed by atoms with E-state index in [9.17, 15) is 0 Å². The number of rotatable bonds is 6. The molecule has 0 aliphatic heterocycles. The average molecular weight is 863 g/mol. The fourth-order valence-corrected chi connectivity index (χ4v) is 13.6. The third kappa shape index (κ3) is 5.90. The summed E-state index contributed by atoms with van der Waals surface area (Å²) in [5, 5.41) is 4.51. The lowest BCUT2D eigenvalue weighted by Gasteiger charge is -2.57. The van der Waals surface area contributed by atoms with Gasteiger partial charge in [-0.05, 0) is 168 Å². The number of hydrogen-bond acceptors (Lipinski definition) is 4. The Balaban J connectivity index is 0.849. The van der Waals surface area contributed by atoms with Crippen molar-refractivity contribution in [3.05, 3.63) is 193 Å². The molecule has 5 aliphatic carbocycles. The molecule has 3 heterocycles. The van der Waals surface area contributed by atoms with E-state index >= 15 is 0 Å². The van der Waals surface area contributed by atoms with E-state index in [1.165, 1.54) is 82.7 Å². The molecule has 0 spiro atoms. The highest BCUT2D eigenvalue weighted by Gasteiger charge is 2.51. The summed E-state index contributed by atoms with van der Waals surface area (Å²) in [4.78, 5) is 15.9. The Labute approximate surface area is 388 Å². The van der Waals surface area contributed by atoms with Gasteiger partial charge in [-0.1, -0.05) is 115 Å².